The van der Waals surface area contributed by atoms with Crippen molar-refractivity contribution >= 4 is 27.5 Å². The topological polar surface area (TPSA) is 114 Å². The summed E-state index contributed by atoms with van der Waals surface area (Å²) in [5.41, 5.74) is 1.06. The summed E-state index contributed by atoms with van der Waals surface area (Å²) in [5, 5.41) is 3.15. The molecule has 1 saturated carbocycles. The number of nitrogens with one attached hydrogen (secondary N) is 1. The number of carbonyl (C=O) groups excluding carboxylic acids is 2. The van der Waals surface area contributed by atoms with Crippen LogP contribution in [0.2, 0.25) is 0 Å². The summed E-state index contributed by atoms with van der Waals surface area (Å²) in [6.07, 6.45) is 5.49. The molecule has 0 bridgehead atoms. The van der Waals surface area contributed by atoms with Crippen LogP contribution in [0.5, 0.6) is 17.2 Å². The van der Waals surface area contributed by atoms with Gasteiger partial charge in [-0.1, -0.05) is 38.3 Å². The zero-order valence-electron chi connectivity index (χ0n) is 23.4. The minimum absolute atomic E-state index is 0.0425. The zero-order valence-corrected chi connectivity index (χ0v) is 24.2. The van der Waals surface area contributed by atoms with Gasteiger partial charge in [0.2, 0.25) is 28.6 Å². The molecule has 2 aromatic rings. The quantitative estimate of drug-likeness (QED) is 0.410. The van der Waals surface area contributed by atoms with Gasteiger partial charge in [-0.3, -0.25) is 13.9 Å². The maximum absolute atomic E-state index is 14.0. The largest absolute Gasteiger partial charge is 0.497 e. The maximum atomic E-state index is 14.0. The number of amides is 2. The highest BCUT2D eigenvalue weighted by Gasteiger charge is 2.34. The number of hydrogen-bond donors (Lipinski definition) is 1. The number of ether oxygens (including phenoxy) is 3. The van der Waals surface area contributed by atoms with Crippen LogP contribution >= 0.6 is 0 Å². The molecular weight excluding hydrogens is 534 g/mol. The molecule has 0 radical (unpaired) electrons. The first-order chi connectivity index (χ1) is 19.2. The fourth-order valence-corrected chi connectivity index (χ4v) is 6.24. The van der Waals surface area contributed by atoms with Crippen molar-refractivity contribution in [2.75, 3.05) is 30.5 Å². The van der Waals surface area contributed by atoms with Gasteiger partial charge in [0, 0.05) is 18.7 Å². The van der Waals surface area contributed by atoms with Crippen LogP contribution in [0.1, 0.15) is 57.9 Å². The summed E-state index contributed by atoms with van der Waals surface area (Å²) < 4.78 is 43.7. The van der Waals surface area contributed by atoms with E-state index in [-0.39, 0.29) is 31.0 Å². The molecule has 2 amide bonds. The molecule has 1 fully saturated rings. The Kier molecular flexibility index (Phi) is 9.78. The molecular formula is C29H39N3O7S. The second kappa shape index (κ2) is 13.3. The lowest BCUT2D eigenvalue weighted by atomic mass is 9.95. The van der Waals surface area contributed by atoms with Gasteiger partial charge in [0.25, 0.3) is 0 Å². The molecule has 0 spiro atoms. The van der Waals surface area contributed by atoms with Gasteiger partial charge in [-0.2, -0.15) is 0 Å². The normalized spacial score (nSPS) is 15.8. The molecule has 2 aliphatic rings. The summed E-state index contributed by atoms with van der Waals surface area (Å²) in [7, 11) is -2.29. The third kappa shape index (κ3) is 6.99. The van der Waals surface area contributed by atoms with E-state index >= 15 is 0 Å². The van der Waals surface area contributed by atoms with Crippen molar-refractivity contribution in [3.63, 3.8) is 0 Å². The van der Waals surface area contributed by atoms with Crippen LogP contribution in [0.25, 0.3) is 0 Å². The first kappa shape index (κ1) is 29.5. The molecule has 10 nitrogen and oxygen atoms in total. The minimum Gasteiger partial charge on any atom is -0.497 e. The SMILES string of the molecule is CCC(C(=O)NC1CCCCC1)N(Cc1cccc(OC)c1)C(=O)CN(c1ccc2c(c1)OCO2)S(=O)(=O)CC. The Hall–Kier alpha value is -3.47. The molecule has 1 aliphatic carbocycles. The van der Waals surface area contributed by atoms with Crippen LogP contribution in [-0.2, 0) is 26.2 Å². The molecule has 1 heterocycles. The van der Waals surface area contributed by atoms with Gasteiger partial charge in [-0.15, -0.1) is 0 Å². The lowest BCUT2D eigenvalue weighted by Crippen LogP contribution is -2.54. The third-order valence-corrected chi connectivity index (χ3v) is 9.19. The van der Waals surface area contributed by atoms with Crippen molar-refractivity contribution in [1.29, 1.82) is 0 Å². The van der Waals surface area contributed by atoms with E-state index in [4.69, 9.17) is 14.2 Å². The number of sulfonamides is 1. The Bertz CT molecular complexity index is 1290. The van der Waals surface area contributed by atoms with Gasteiger partial charge < -0.3 is 24.4 Å². The van der Waals surface area contributed by atoms with E-state index in [0.717, 1.165) is 42.0 Å². The van der Waals surface area contributed by atoms with Gasteiger partial charge in [0.05, 0.1) is 18.6 Å². The van der Waals surface area contributed by atoms with Crippen LogP contribution in [0.3, 0.4) is 0 Å². The Balaban J connectivity index is 1.65. The fourth-order valence-electron chi connectivity index (χ4n) is 5.19. The second-order valence-corrected chi connectivity index (χ2v) is 12.3. The Morgan fingerprint density at radius 1 is 1.05 bits per heavy atom. The van der Waals surface area contributed by atoms with E-state index < -0.39 is 28.5 Å². The van der Waals surface area contributed by atoms with Crippen molar-refractivity contribution in [3.8, 4) is 17.2 Å². The first-order valence-electron chi connectivity index (χ1n) is 13.9. The van der Waals surface area contributed by atoms with E-state index in [9.17, 15) is 18.0 Å². The maximum Gasteiger partial charge on any atom is 0.244 e. The first-order valence-corrected chi connectivity index (χ1v) is 15.5. The summed E-state index contributed by atoms with van der Waals surface area (Å²) in [4.78, 5) is 29.1. The van der Waals surface area contributed by atoms with Crippen molar-refractivity contribution in [3.05, 3.63) is 48.0 Å². The van der Waals surface area contributed by atoms with Gasteiger partial charge in [0.15, 0.2) is 11.5 Å². The zero-order chi connectivity index (χ0) is 28.7. The van der Waals surface area contributed by atoms with Gasteiger partial charge >= 0.3 is 0 Å². The number of hydrogen-bond acceptors (Lipinski definition) is 7. The van der Waals surface area contributed by atoms with Crippen molar-refractivity contribution in [2.24, 2.45) is 0 Å². The molecule has 1 aliphatic heterocycles. The highest BCUT2D eigenvalue weighted by Crippen LogP contribution is 2.36. The Labute approximate surface area is 236 Å². The molecule has 218 valence electrons. The molecule has 0 aromatic heterocycles. The predicted molar refractivity (Wildman–Crippen MR) is 152 cm³/mol. The van der Waals surface area contributed by atoms with E-state index in [1.165, 1.54) is 11.8 Å². The molecule has 1 atom stereocenters. The van der Waals surface area contributed by atoms with Crippen LogP contribution in [0.4, 0.5) is 5.69 Å². The van der Waals surface area contributed by atoms with Gasteiger partial charge in [0.1, 0.15) is 18.3 Å². The van der Waals surface area contributed by atoms with Crippen LogP contribution in [0, 0.1) is 0 Å². The van der Waals surface area contributed by atoms with E-state index in [0.29, 0.717) is 29.4 Å². The number of methoxy groups -OCH3 is 1. The molecule has 1 unspecified atom stereocenters. The number of rotatable bonds is 12. The Morgan fingerprint density at radius 2 is 1.80 bits per heavy atom. The van der Waals surface area contributed by atoms with Crippen LogP contribution < -0.4 is 23.8 Å². The Morgan fingerprint density at radius 3 is 2.50 bits per heavy atom. The van der Waals surface area contributed by atoms with E-state index in [1.54, 1.807) is 31.4 Å². The molecule has 2 aromatic carbocycles. The van der Waals surface area contributed by atoms with Crippen LogP contribution in [-0.4, -0.2) is 63.4 Å². The summed E-state index contributed by atoms with van der Waals surface area (Å²) in [6.45, 7) is 3.08. The van der Waals surface area contributed by atoms with Crippen molar-refractivity contribution in [2.45, 2.75) is 71.0 Å². The number of nitrogens with zero attached hydrogens (tertiary/aromatic N) is 2. The summed E-state index contributed by atoms with van der Waals surface area (Å²) in [6, 6.07) is 11.4. The lowest BCUT2D eigenvalue weighted by Gasteiger charge is -2.34. The van der Waals surface area contributed by atoms with Gasteiger partial charge in [-0.25, -0.2) is 8.42 Å². The third-order valence-electron chi connectivity index (χ3n) is 7.45. The van der Waals surface area contributed by atoms with E-state index in [1.807, 2.05) is 25.1 Å². The van der Waals surface area contributed by atoms with Gasteiger partial charge in [-0.05, 0) is 56.0 Å². The summed E-state index contributed by atoms with van der Waals surface area (Å²) in [5.74, 6) is 0.632. The highest BCUT2D eigenvalue weighted by molar-refractivity contribution is 7.92. The highest BCUT2D eigenvalue weighted by atomic mass is 32.2. The van der Waals surface area contributed by atoms with E-state index in [2.05, 4.69) is 5.32 Å². The number of benzene rings is 2. The lowest BCUT2D eigenvalue weighted by molar-refractivity contribution is -0.140. The average Bonchev–Trinajstić information content (AvgIpc) is 3.44. The number of fused-ring (bicyclic) bond motifs is 1. The smallest absolute Gasteiger partial charge is 0.244 e. The number of carbonyl (C=O) groups is 2. The van der Waals surface area contributed by atoms with Crippen molar-refractivity contribution in [1.82, 2.24) is 10.2 Å². The molecule has 40 heavy (non-hydrogen) atoms. The van der Waals surface area contributed by atoms with Crippen LogP contribution in [0.15, 0.2) is 42.5 Å². The molecule has 4 rings (SSSR count). The molecule has 11 heteroatoms. The predicted octanol–water partition coefficient (Wildman–Crippen LogP) is 3.84. The second-order valence-electron chi connectivity index (χ2n) is 10.1. The monoisotopic (exact) mass is 573 g/mol. The minimum atomic E-state index is -3.85. The number of anilines is 1. The summed E-state index contributed by atoms with van der Waals surface area (Å²) >= 11 is 0. The fraction of sp³-hybridized carbons (Fsp3) is 0.517. The average molecular weight is 574 g/mol. The standard InChI is InChI=1S/C29H39N3O7S/c1-4-25(29(34)30-22-11-7-6-8-12-22)31(18-21-10-9-13-24(16-21)37-3)28(33)19-32(40(35,36)5-2)23-14-15-26-27(17-23)39-20-38-26/h9-10,13-17,22,25H,4-8,11-12,18-20H2,1-3H3,(H,30,34). The molecule has 0 saturated heterocycles. The molecule has 1 N–H and O–H groups in total. The van der Waals surface area contributed by atoms with Crippen molar-refractivity contribution < 1.29 is 32.2 Å².